The summed E-state index contributed by atoms with van der Waals surface area (Å²) in [5, 5.41) is 0. The van der Waals surface area contributed by atoms with Crippen LogP contribution in [0.2, 0.25) is 0 Å². The van der Waals surface area contributed by atoms with Crippen LogP contribution in [0.5, 0.6) is 0 Å². The van der Waals surface area contributed by atoms with E-state index in [0.29, 0.717) is 11.5 Å². The maximum atomic E-state index is 12.3. The number of pyridine rings is 1. The molecule has 19 heavy (non-hydrogen) atoms. The standard InChI is InChI=1S/C11H15N5O2S/c1-8(11-14-5-6-15-11)16-19(17,18)10-3-2-4-13-9(10)7-12/h2-6,8,16H,7,12H2,1H3,(H,14,15). The van der Waals surface area contributed by atoms with Crippen LogP contribution in [0.1, 0.15) is 24.5 Å². The number of hydrogen-bond donors (Lipinski definition) is 3. The van der Waals surface area contributed by atoms with Crippen LogP contribution in [0.3, 0.4) is 0 Å². The molecule has 1 atom stereocenters. The molecule has 0 aliphatic heterocycles. The molecule has 1 unspecified atom stereocenters. The van der Waals surface area contributed by atoms with Gasteiger partial charge in [0.2, 0.25) is 10.0 Å². The molecule has 0 aliphatic carbocycles. The van der Waals surface area contributed by atoms with Crippen LogP contribution in [0.4, 0.5) is 0 Å². The first-order valence-corrected chi connectivity index (χ1v) is 7.18. The quantitative estimate of drug-likeness (QED) is 0.729. The molecule has 102 valence electrons. The molecule has 2 rings (SSSR count). The van der Waals surface area contributed by atoms with Gasteiger partial charge in [0.05, 0.1) is 11.7 Å². The Bertz CT molecular complexity index is 639. The lowest BCUT2D eigenvalue weighted by Gasteiger charge is -2.13. The first kappa shape index (κ1) is 13.7. The molecule has 0 aromatic carbocycles. The molecule has 4 N–H and O–H groups in total. The van der Waals surface area contributed by atoms with Gasteiger partial charge in [0.25, 0.3) is 0 Å². The summed E-state index contributed by atoms with van der Waals surface area (Å²) in [4.78, 5) is 10.9. The Balaban J connectivity index is 2.28. The van der Waals surface area contributed by atoms with Crippen molar-refractivity contribution in [1.29, 1.82) is 0 Å². The summed E-state index contributed by atoms with van der Waals surface area (Å²) < 4.78 is 27.1. The van der Waals surface area contributed by atoms with Crippen LogP contribution in [0, 0.1) is 0 Å². The highest BCUT2D eigenvalue weighted by atomic mass is 32.2. The molecule has 2 aromatic heterocycles. The minimum atomic E-state index is -3.68. The van der Waals surface area contributed by atoms with E-state index in [1.165, 1.54) is 12.3 Å². The van der Waals surface area contributed by atoms with E-state index in [2.05, 4.69) is 19.7 Å². The predicted octanol–water partition coefficient (Wildman–Crippen LogP) is 0.303. The lowest BCUT2D eigenvalue weighted by atomic mass is 10.3. The number of imidazole rings is 1. The number of nitrogens with zero attached hydrogens (tertiary/aromatic N) is 2. The number of aromatic amines is 1. The Kier molecular flexibility index (Phi) is 3.93. The minimum Gasteiger partial charge on any atom is -0.347 e. The number of H-pyrrole nitrogens is 1. The van der Waals surface area contributed by atoms with Crippen molar-refractivity contribution in [3.05, 3.63) is 42.2 Å². The summed E-state index contributed by atoms with van der Waals surface area (Å²) in [6, 6.07) is 2.57. The summed E-state index contributed by atoms with van der Waals surface area (Å²) in [6.07, 6.45) is 4.71. The molecule has 7 nitrogen and oxygen atoms in total. The predicted molar refractivity (Wildman–Crippen MR) is 69.5 cm³/mol. The minimum absolute atomic E-state index is 0.0617. The van der Waals surface area contributed by atoms with E-state index < -0.39 is 16.1 Å². The normalized spacial score (nSPS) is 13.4. The molecule has 0 saturated heterocycles. The third-order valence-corrected chi connectivity index (χ3v) is 4.21. The smallest absolute Gasteiger partial charge is 0.243 e. The highest BCUT2D eigenvalue weighted by Gasteiger charge is 2.22. The summed E-state index contributed by atoms with van der Waals surface area (Å²) in [7, 11) is -3.68. The van der Waals surface area contributed by atoms with Crippen LogP contribution in [-0.2, 0) is 16.6 Å². The molecule has 0 amide bonds. The molecule has 0 saturated carbocycles. The second-order valence-corrected chi connectivity index (χ2v) is 5.65. The first-order chi connectivity index (χ1) is 9.04. The Morgan fingerprint density at radius 1 is 1.42 bits per heavy atom. The molecule has 0 bridgehead atoms. The van der Waals surface area contributed by atoms with Gasteiger partial charge >= 0.3 is 0 Å². The van der Waals surface area contributed by atoms with Gasteiger partial charge in [0.1, 0.15) is 10.7 Å². The average molecular weight is 281 g/mol. The SMILES string of the molecule is CC(NS(=O)(=O)c1cccnc1CN)c1ncc[nH]1. The molecule has 0 spiro atoms. The van der Waals surface area contributed by atoms with Crippen molar-refractivity contribution in [3.8, 4) is 0 Å². The van der Waals surface area contributed by atoms with Gasteiger partial charge in [0, 0.05) is 25.1 Å². The summed E-state index contributed by atoms with van der Waals surface area (Å²) in [5.74, 6) is 0.543. The maximum absolute atomic E-state index is 12.3. The zero-order valence-electron chi connectivity index (χ0n) is 10.4. The fraction of sp³-hybridized carbons (Fsp3) is 0.273. The number of rotatable bonds is 5. The fourth-order valence-electron chi connectivity index (χ4n) is 1.69. The molecule has 2 aromatic rings. The molecular weight excluding hydrogens is 266 g/mol. The van der Waals surface area contributed by atoms with E-state index in [0.717, 1.165) is 0 Å². The highest BCUT2D eigenvalue weighted by Crippen LogP contribution is 2.16. The van der Waals surface area contributed by atoms with Gasteiger partial charge < -0.3 is 10.7 Å². The largest absolute Gasteiger partial charge is 0.347 e. The third-order valence-electron chi connectivity index (χ3n) is 2.59. The Hall–Kier alpha value is -1.77. The fourth-order valence-corrected chi connectivity index (χ4v) is 3.10. The molecular formula is C11H15N5O2S. The summed E-state index contributed by atoms with van der Waals surface area (Å²) >= 11 is 0. The summed E-state index contributed by atoms with van der Waals surface area (Å²) in [6.45, 7) is 1.76. The zero-order chi connectivity index (χ0) is 13.9. The van der Waals surface area contributed by atoms with E-state index in [1.54, 1.807) is 25.4 Å². The van der Waals surface area contributed by atoms with Gasteiger partial charge in [-0.3, -0.25) is 4.98 Å². The van der Waals surface area contributed by atoms with Crippen molar-refractivity contribution in [2.45, 2.75) is 24.4 Å². The van der Waals surface area contributed by atoms with Crippen molar-refractivity contribution in [3.63, 3.8) is 0 Å². The van der Waals surface area contributed by atoms with Crippen molar-refractivity contribution >= 4 is 10.0 Å². The Morgan fingerprint density at radius 3 is 2.84 bits per heavy atom. The number of nitrogens with two attached hydrogens (primary N) is 1. The Morgan fingerprint density at radius 2 is 2.21 bits per heavy atom. The number of nitrogens with one attached hydrogen (secondary N) is 2. The lowest BCUT2D eigenvalue weighted by molar-refractivity contribution is 0.559. The second-order valence-electron chi connectivity index (χ2n) is 3.97. The second kappa shape index (κ2) is 5.47. The van der Waals surface area contributed by atoms with Crippen LogP contribution in [-0.4, -0.2) is 23.4 Å². The van der Waals surface area contributed by atoms with Crippen LogP contribution >= 0.6 is 0 Å². The number of aromatic nitrogens is 3. The zero-order valence-corrected chi connectivity index (χ0v) is 11.2. The van der Waals surface area contributed by atoms with E-state index >= 15 is 0 Å². The molecule has 0 radical (unpaired) electrons. The van der Waals surface area contributed by atoms with E-state index in [9.17, 15) is 8.42 Å². The van der Waals surface area contributed by atoms with Crippen LogP contribution in [0.15, 0.2) is 35.6 Å². The molecule has 0 aliphatic rings. The average Bonchev–Trinajstić information content (AvgIpc) is 2.92. The van der Waals surface area contributed by atoms with Gasteiger partial charge in [-0.1, -0.05) is 0 Å². The van der Waals surface area contributed by atoms with Gasteiger partial charge in [-0.05, 0) is 19.1 Å². The molecule has 2 heterocycles. The topological polar surface area (TPSA) is 114 Å². The van der Waals surface area contributed by atoms with E-state index in [-0.39, 0.29) is 11.4 Å². The highest BCUT2D eigenvalue weighted by molar-refractivity contribution is 7.89. The monoisotopic (exact) mass is 281 g/mol. The van der Waals surface area contributed by atoms with Crippen molar-refractivity contribution < 1.29 is 8.42 Å². The van der Waals surface area contributed by atoms with Crippen LogP contribution < -0.4 is 10.5 Å². The van der Waals surface area contributed by atoms with E-state index in [1.807, 2.05) is 0 Å². The number of hydrogen-bond acceptors (Lipinski definition) is 5. The maximum Gasteiger partial charge on any atom is 0.243 e. The van der Waals surface area contributed by atoms with Gasteiger partial charge in [-0.15, -0.1) is 0 Å². The van der Waals surface area contributed by atoms with Crippen molar-refractivity contribution in [2.75, 3.05) is 0 Å². The third kappa shape index (κ3) is 2.98. The first-order valence-electron chi connectivity index (χ1n) is 5.70. The molecule has 0 fully saturated rings. The van der Waals surface area contributed by atoms with Crippen molar-refractivity contribution in [1.82, 2.24) is 19.7 Å². The van der Waals surface area contributed by atoms with E-state index in [4.69, 9.17) is 5.73 Å². The number of sulfonamides is 1. The van der Waals surface area contributed by atoms with Crippen LogP contribution in [0.25, 0.3) is 0 Å². The van der Waals surface area contributed by atoms with Gasteiger partial charge in [-0.2, -0.15) is 0 Å². The molecule has 8 heteroatoms. The Labute approximate surface area is 111 Å². The lowest BCUT2D eigenvalue weighted by Crippen LogP contribution is -2.29. The summed E-state index contributed by atoms with van der Waals surface area (Å²) in [5.41, 5.74) is 5.83. The van der Waals surface area contributed by atoms with Crippen molar-refractivity contribution in [2.24, 2.45) is 5.73 Å². The van der Waals surface area contributed by atoms with Gasteiger partial charge in [-0.25, -0.2) is 18.1 Å². The van der Waals surface area contributed by atoms with Gasteiger partial charge in [0.15, 0.2) is 0 Å².